The topological polar surface area (TPSA) is 3.24 Å². The highest BCUT2D eigenvalue weighted by Gasteiger charge is 2.18. The van der Waals surface area contributed by atoms with Crippen LogP contribution in [0.5, 0.6) is 0 Å². The van der Waals surface area contributed by atoms with Crippen molar-refractivity contribution in [1.29, 1.82) is 0 Å². The molecular formula is C49H43NS. The molecule has 0 N–H and O–H groups in total. The number of hydrogen-bond donors (Lipinski definition) is 0. The van der Waals surface area contributed by atoms with Crippen LogP contribution in [-0.4, -0.2) is 0 Å². The smallest absolute Gasteiger partial charge is 0.0461 e. The molecule has 1 aromatic heterocycles. The Morgan fingerprint density at radius 2 is 1.49 bits per heavy atom. The predicted octanol–water partition coefficient (Wildman–Crippen LogP) is 14.0. The number of rotatable bonds is 10. The zero-order valence-corrected chi connectivity index (χ0v) is 30.2. The van der Waals surface area contributed by atoms with Crippen molar-refractivity contribution in [2.45, 2.75) is 44.9 Å². The van der Waals surface area contributed by atoms with Gasteiger partial charge in [-0.25, -0.2) is 0 Å². The van der Waals surface area contributed by atoms with Gasteiger partial charge in [0.15, 0.2) is 0 Å². The van der Waals surface area contributed by atoms with Crippen LogP contribution in [0.4, 0.5) is 11.4 Å². The zero-order valence-electron chi connectivity index (χ0n) is 29.4. The van der Waals surface area contributed by atoms with E-state index in [2.05, 4.69) is 194 Å². The van der Waals surface area contributed by atoms with Gasteiger partial charge in [-0.2, -0.15) is 0 Å². The molecule has 0 saturated heterocycles. The minimum Gasteiger partial charge on any atom is -0.311 e. The normalized spacial score (nSPS) is 16.9. The number of thiophene rings is 1. The Morgan fingerprint density at radius 3 is 2.22 bits per heavy atom. The van der Waals surface area contributed by atoms with Crippen molar-refractivity contribution in [1.82, 2.24) is 0 Å². The Kier molecular flexibility index (Phi) is 9.51. The molecule has 2 heteroatoms. The van der Waals surface area contributed by atoms with E-state index in [4.69, 9.17) is 0 Å². The van der Waals surface area contributed by atoms with Gasteiger partial charge < -0.3 is 4.90 Å². The largest absolute Gasteiger partial charge is 0.311 e. The van der Waals surface area contributed by atoms with E-state index >= 15 is 0 Å². The van der Waals surface area contributed by atoms with Gasteiger partial charge in [0.1, 0.15) is 0 Å². The minimum absolute atomic E-state index is 0.426. The Balaban J connectivity index is 1.09. The van der Waals surface area contributed by atoms with Crippen molar-refractivity contribution in [3.8, 4) is 22.3 Å². The third-order valence-corrected chi connectivity index (χ3v) is 11.3. The Labute approximate surface area is 306 Å². The van der Waals surface area contributed by atoms with Gasteiger partial charge in [-0.3, -0.25) is 0 Å². The highest BCUT2D eigenvalue weighted by molar-refractivity contribution is 7.17. The van der Waals surface area contributed by atoms with Crippen molar-refractivity contribution in [3.63, 3.8) is 0 Å². The number of allylic oxidation sites excluding steroid dienone is 9. The van der Waals surface area contributed by atoms with Crippen molar-refractivity contribution in [2.24, 2.45) is 0 Å². The lowest BCUT2D eigenvalue weighted by molar-refractivity contribution is 0.803. The maximum Gasteiger partial charge on any atom is 0.0461 e. The van der Waals surface area contributed by atoms with Gasteiger partial charge in [-0.1, -0.05) is 121 Å². The first-order valence-corrected chi connectivity index (χ1v) is 19.0. The van der Waals surface area contributed by atoms with E-state index in [0.29, 0.717) is 11.8 Å². The first-order chi connectivity index (χ1) is 25.1. The molecule has 0 radical (unpaired) electrons. The lowest BCUT2D eigenvalue weighted by Crippen LogP contribution is -2.15. The van der Waals surface area contributed by atoms with Crippen molar-refractivity contribution >= 4 is 32.8 Å². The van der Waals surface area contributed by atoms with Crippen LogP contribution in [0.2, 0.25) is 0 Å². The summed E-state index contributed by atoms with van der Waals surface area (Å²) in [5.74, 6) is 1.00. The summed E-state index contributed by atoms with van der Waals surface area (Å²) in [7, 11) is 0. The Morgan fingerprint density at radius 1 is 0.725 bits per heavy atom. The molecule has 0 aliphatic heterocycles. The van der Waals surface area contributed by atoms with Gasteiger partial charge >= 0.3 is 0 Å². The summed E-state index contributed by atoms with van der Waals surface area (Å²) >= 11 is 1.87. The molecule has 0 bridgehead atoms. The van der Waals surface area contributed by atoms with Gasteiger partial charge in [-0.15, -0.1) is 11.3 Å². The van der Waals surface area contributed by atoms with Gasteiger partial charge in [-0.05, 0) is 137 Å². The van der Waals surface area contributed by atoms with Gasteiger partial charge in [0, 0.05) is 33.6 Å². The van der Waals surface area contributed by atoms with E-state index in [0.717, 1.165) is 36.3 Å². The van der Waals surface area contributed by atoms with E-state index in [1.165, 1.54) is 54.6 Å². The minimum atomic E-state index is 0.426. The fourth-order valence-corrected chi connectivity index (χ4v) is 8.35. The molecule has 8 rings (SSSR count). The van der Waals surface area contributed by atoms with Crippen LogP contribution in [0.25, 0.3) is 32.3 Å². The molecule has 2 unspecified atom stereocenters. The Hall–Kier alpha value is -5.44. The highest BCUT2D eigenvalue weighted by atomic mass is 32.1. The lowest BCUT2D eigenvalue weighted by Gasteiger charge is -2.27. The average molecular weight is 678 g/mol. The van der Waals surface area contributed by atoms with Crippen LogP contribution in [0.1, 0.15) is 53.9 Å². The fourth-order valence-electron chi connectivity index (χ4n) is 7.34. The van der Waals surface area contributed by atoms with E-state index < -0.39 is 0 Å². The number of benzene rings is 5. The molecule has 1 heterocycles. The number of nitrogens with zero attached hydrogens (tertiary/aromatic N) is 1. The van der Waals surface area contributed by atoms with Crippen LogP contribution in [0.3, 0.4) is 0 Å². The number of aryl methyl sites for hydroxylation is 1. The monoisotopic (exact) mass is 677 g/mol. The molecule has 0 amide bonds. The second-order valence-electron chi connectivity index (χ2n) is 13.6. The van der Waals surface area contributed by atoms with E-state index in [-0.39, 0.29) is 0 Å². The molecule has 0 saturated carbocycles. The molecule has 0 spiro atoms. The molecule has 6 aromatic rings. The van der Waals surface area contributed by atoms with Crippen molar-refractivity contribution < 1.29 is 0 Å². The Bertz CT molecular complexity index is 2310. The van der Waals surface area contributed by atoms with Crippen LogP contribution in [0.15, 0.2) is 181 Å². The number of hydrogen-bond acceptors (Lipinski definition) is 2. The molecule has 2 aliphatic carbocycles. The number of fused-ring (bicyclic) bond motifs is 1. The maximum absolute atomic E-state index is 2.41. The molecule has 5 aromatic carbocycles. The fraction of sp³-hybridized carbons (Fsp3) is 0.143. The van der Waals surface area contributed by atoms with Crippen LogP contribution < -0.4 is 4.90 Å². The summed E-state index contributed by atoms with van der Waals surface area (Å²) in [4.78, 5) is 2.38. The van der Waals surface area contributed by atoms with Crippen LogP contribution >= 0.6 is 11.3 Å². The standard InChI is InChI=1S/C49H43NS/c1-3-43(20-9-13-36-22-31-49-47(32-36)48(34-51-49)40-16-10-17-40)50(44-27-23-38(24-28-44)37-14-5-4-6-15-37)45-29-25-39(26-30-45)41-18-11-19-42(33-41)46-21-8-7-12-35(46)2/h3-12,14,16,18-34,37,40H,13,15,17H2,1-2H3/b20-9-,43-3+. The first-order valence-electron chi connectivity index (χ1n) is 18.1. The maximum atomic E-state index is 2.41. The molecule has 2 atom stereocenters. The number of anilines is 2. The third-order valence-electron chi connectivity index (χ3n) is 10.4. The second kappa shape index (κ2) is 14.8. The average Bonchev–Trinajstić information content (AvgIpc) is 3.57. The van der Waals surface area contributed by atoms with Gasteiger partial charge in [0.2, 0.25) is 0 Å². The van der Waals surface area contributed by atoms with E-state index in [9.17, 15) is 0 Å². The zero-order chi connectivity index (χ0) is 34.6. The summed E-state index contributed by atoms with van der Waals surface area (Å²) in [6, 6.07) is 42.7. The van der Waals surface area contributed by atoms with E-state index in [1.807, 2.05) is 11.3 Å². The summed E-state index contributed by atoms with van der Waals surface area (Å²) in [5.41, 5.74) is 13.9. The second-order valence-corrected chi connectivity index (χ2v) is 14.5. The summed E-state index contributed by atoms with van der Waals surface area (Å²) < 4.78 is 1.38. The first kappa shape index (κ1) is 32.7. The van der Waals surface area contributed by atoms with Crippen molar-refractivity contribution in [2.75, 3.05) is 4.90 Å². The quantitative estimate of drug-likeness (QED) is 0.103. The summed E-state index contributed by atoms with van der Waals surface area (Å²) in [6.45, 7) is 4.32. The van der Waals surface area contributed by atoms with Gasteiger partial charge in [0.05, 0.1) is 0 Å². The molecular weight excluding hydrogens is 635 g/mol. The molecule has 250 valence electrons. The van der Waals surface area contributed by atoms with Gasteiger partial charge in [0.25, 0.3) is 0 Å². The SMILES string of the molecule is C/C=C(\C=C/Cc1ccc2scc(C3C=CC3)c2c1)N(c1ccc(-c2cccc(-c3ccccc3C)c2)cc1)c1ccc(C2C=CC=CC2)cc1. The van der Waals surface area contributed by atoms with Crippen LogP contribution in [0, 0.1) is 6.92 Å². The molecule has 2 aliphatic rings. The lowest BCUT2D eigenvalue weighted by atomic mass is 9.87. The van der Waals surface area contributed by atoms with Crippen LogP contribution in [-0.2, 0) is 6.42 Å². The molecule has 1 nitrogen and oxygen atoms in total. The predicted molar refractivity (Wildman–Crippen MR) is 221 cm³/mol. The third kappa shape index (κ3) is 6.98. The highest BCUT2D eigenvalue weighted by Crippen LogP contribution is 2.39. The molecule has 51 heavy (non-hydrogen) atoms. The van der Waals surface area contributed by atoms with E-state index in [1.54, 1.807) is 0 Å². The summed E-state index contributed by atoms with van der Waals surface area (Å²) in [5, 5.41) is 3.77. The summed E-state index contributed by atoms with van der Waals surface area (Å²) in [6.07, 6.45) is 23.4. The van der Waals surface area contributed by atoms with Crippen molar-refractivity contribution in [3.05, 3.63) is 203 Å². The molecule has 0 fully saturated rings.